The monoisotopic (exact) mass is 459 g/mol. The number of halogens is 1. The highest BCUT2D eigenvalue weighted by Crippen LogP contribution is 2.39. The summed E-state index contributed by atoms with van der Waals surface area (Å²) in [7, 11) is 0. The molecule has 0 radical (unpaired) electrons. The molecule has 29 heavy (non-hydrogen) atoms. The molecule has 150 valence electrons. The van der Waals surface area contributed by atoms with E-state index >= 15 is 0 Å². The normalized spacial score (nSPS) is 12.2. The lowest BCUT2D eigenvalue weighted by Crippen LogP contribution is -2.09. The molecule has 2 heterocycles. The average Bonchev–Trinajstić information content (AvgIpc) is 3.18. The second-order valence-corrected chi connectivity index (χ2v) is 7.16. The minimum atomic E-state index is -0.666. The van der Waals surface area contributed by atoms with E-state index in [1.807, 2.05) is 6.92 Å². The highest BCUT2D eigenvalue weighted by Gasteiger charge is 2.20. The molecule has 0 bridgehead atoms. The van der Waals surface area contributed by atoms with Crippen LogP contribution in [0.3, 0.4) is 0 Å². The van der Waals surface area contributed by atoms with Crippen LogP contribution in [0.4, 0.5) is 0 Å². The first-order chi connectivity index (χ1) is 14.1. The van der Waals surface area contributed by atoms with Crippen molar-refractivity contribution in [1.82, 2.24) is 4.98 Å². The molecule has 0 aliphatic carbocycles. The summed E-state index contributed by atoms with van der Waals surface area (Å²) in [6, 6.07) is 10.4. The first-order valence-electron chi connectivity index (χ1n) is 9.13. The predicted octanol–water partition coefficient (Wildman–Crippen LogP) is 5.18. The number of nitrogens with zero attached hydrogens (tertiary/aromatic N) is 1. The van der Waals surface area contributed by atoms with E-state index in [1.165, 1.54) is 0 Å². The number of unbranched alkanes of at least 4 members (excludes halogenated alkanes) is 1. The lowest BCUT2D eigenvalue weighted by Gasteiger charge is -2.11. The first-order valence-corrected chi connectivity index (χ1v) is 9.93. The number of pyridine rings is 1. The van der Waals surface area contributed by atoms with E-state index in [0.717, 1.165) is 12.8 Å². The number of benzene rings is 2. The number of carbonyl (C=O) groups is 1. The van der Waals surface area contributed by atoms with E-state index in [1.54, 1.807) is 36.4 Å². The predicted molar refractivity (Wildman–Crippen MR) is 109 cm³/mol. The number of carbonyl (C=O) groups excluding carboxylic acids is 1. The van der Waals surface area contributed by atoms with E-state index in [0.29, 0.717) is 38.4 Å². The summed E-state index contributed by atoms with van der Waals surface area (Å²) in [6.07, 6.45) is 1.64. The lowest BCUT2D eigenvalue weighted by atomic mass is 10.1. The van der Waals surface area contributed by atoms with Gasteiger partial charge in [-0.15, -0.1) is 0 Å². The Hall–Kier alpha value is -3.00. The number of hydrogen-bond donors (Lipinski definition) is 1. The molecule has 0 fully saturated rings. The van der Waals surface area contributed by atoms with Crippen molar-refractivity contribution in [2.24, 2.45) is 0 Å². The Morgan fingerprint density at radius 1 is 1.14 bits per heavy atom. The maximum Gasteiger partial charge on any atom is 0.360 e. The third kappa shape index (κ3) is 3.93. The number of hydrogen-bond acceptors (Lipinski definition) is 7. The minimum Gasteiger partial charge on any atom is -0.505 e. The number of esters is 1. The topological polar surface area (TPSA) is 87.1 Å². The molecule has 0 unspecified atom stereocenters. The van der Waals surface area contributed by atoms with Crippen LogP contribution in [0.1, 0.15) is 30.3 Å². The summed E-state index contributed by atoms with van der Waals surface area (Å²) in [5.74, 6) is 1.39. The average molecular weight is 460 g/mol. The summed E-state index contributed by atoms with van der Waals surface area (Å²) < 4.78 is 22.2. The van der Waals surface area contributed by atoms with Gasteiger partial charge in [-0.1, -0.05) is 13.3 Å². The Morgan fingerprint density at radius 2 is 1.90 bits per heavy atom. The molecule has 0 spiro atoms. The van der Waals surface area contributed by atoms with Crippen LogP contribution >= 0.6 is 15.9 Å². The highest BCUT2D eigenvalue weighted by atomic mass is 79.9. The number of ether oxygens (including phenoxy) is 4. The van der Waals surface area contributed by atoms with Gasteiger partial charge in [-0.25, -0.2) is 9.78 Å². The molecule has 8 heteroatoms. The second kappa shape index (κ2) is 8.16. The van der Waals surface area contributed by atoms with Gasteiger partial charge in [-0.2, -0.15) is 0 Å². The maximum atomic E-state index is 12.3. The molecule has 3 aromatic rings. The van der Waals surface area contributed by atoms with E-state index in [2.05, 4.69) is 20.9 Å². The standard InChI is InChI=1S/C21H18BrNO6/c1-2-3-8-26-21(25)18-19(24)15-9-12(4-6-14(15)20(22)23-18)29-13-5-7-16-17(10-13)28-11-27-16/h4-7,9-10,24H,2-3,8,11H2,1H3. The van der Waals surface area contributed by atoms with Gasteiger partial charge >= 0.3 is 5.97 Å². The zero-order valence-corrected chi connectivity index (χ0v) is 17.2. The van der Waals surface area contributed by atoms with Crippen LogP contribution in [-0.4, -0.2) is 29.5 Å². The van der Waals surface area contributed by atoms with Crippen molar-refractivity contribution in [1.29, 1.82) is 0 Å². The fourth-order valence-corrected chi connectivity index (χ4v) is 3.42. The Kier molecular flexibility index (Phi) is 5.44. The molecule has 2 aromatic carbocycles. The molecule has 1 N–H and O–H groups in total. The number of aromatic hydroxyl groups is 1. The van der Waals surface area contributed by atoms with Crippen molar-refractivity contribution < 1.29 is 28.8 Å². The third-order valence-corrected chi connectivity index (χ3v) is 5.01. The van der Waals surface area contributed by atoms with Crippen molar-refractivity contribution in [3.63, 3.8) is 0 Å². The van der Waals surface area contributed by atoms with Crippen molar-refractivity contribution >= 4 is 32.7 Å². The van der Waals surface area contributed by atoms with Crippen molar-refractivity contribution in [2.75, 3.05) is 13.4 Å². The quantitative estimate of drug-likeness (QED) is 0.308. The van der Waals surface area contributed by atoms with Gasteiger partial charge in [0.25, 0.3) is 0 Å². The van der Waals surface area contributed by atoms with Gasteiger partial charge in [0.05, 0.1) is 6.61 Å². The first kappa shape index (κ1) is 19.3. The molecule has 0 saturated heterocycles. The molecule has 0 amide bonds. The molecule has 1 aromatic heterocycles. The summed E-state index contributed by atoms with van der Waals surface area (Å²) in [5, 5.41) is 11.7. The van der Waals surface area contributed by atoms with Crippen LogP contribution in [0, 0.1) is 0 Å². The molecule has 0 saturated carbocycles. The number of rotatable bonds is 6. The van der Waals surface area contributed by atoms with Crippen molar-refractivity contribution in [3.05, 3.63) is 46.7 Å². The van der Waals surface area contributed by atoms with Gasteiger partial charge in [0, 0.05) is 16.8 Å². The van der Waals surface area contributed by atoms with E-state index in [9.17, 15) is 9.90 Å². The molecule has 1 aliphatic rings. The van der Waals surface area contributed by atoms with Gasteiger partial charge in [0.2, 0.25) is 6.79 Å². The third-order valence-electron chi connectivity index (χ3n) is 4.41. The van der Waals surface area contributed by atoms with E-state index in [-0.39, 0.29) is 24.8 Å². The fraction of sp³-hybridized carbons (Fsp3) is 0.238. The summed E-state index contributed by atoms with van der Waals surface area (Å²) in [4.78, 5) is 16.5. The SMILES string of the molecule is CCCCOC(=O)c1nc(Br)c2ccc(Oc3ccc4c(c3)OCO4)cc2c1O. The summed E-state index contributed by atoms with van der Waals surface area (Å²) in [5.41, 5.74) is -0.138. The smallest absolute Gasteiger partial charge is 0.360 e. The van der Waals surface area contributed by atoms with Crippen molar-refractivity contribution in [3.8, 4) is 28.7 Å². The second-order valence-electron chi connectivity index (χ2n) is 6.41. The van der Waals surface area contributed by atoms with Crippen LogP contribution in [0.2, 0.25) is 0 Å². The van der Waals surface area contributed by atoms with E-state index < -0.39 is 5.97 Å². The van der Waals surface area contributed by atoms with Crippen LogP contribution < -0.4 is 14.2 Å². The molecular weight excluding hydrogens is 442 g/mol. The Labute approximate surface area is 175 Å². The molecule has 4 rings (SSSR count). The summed E-state index contributed by atoms with van der Waals surface area (Å²) >= 11 is 3.36. The largest absolute Gasteiger partial charge is 0.505 e. The molecular formula is C21H18BrNO6. The highest BCUT2D eigenvalue weighted by molar-refractivity contribution is 9.10. The number of aromatic nitrogens is 1. The Balaban J connectivity index is 1.65. The molecule has 7 nitrogen and oxygen atoms in total. The Bertz CT molecular complexity index is 1080. The zero-order chi connectivity index (χ0) is 20.4. The van der Waals surface area contributed by atoms with Crippen molar-refractivity contribution in [2.45, 2.75) is 19.8 Å². The van der Waals surface area contributed by atoms with Gasteiger partial charge in [0.15, 0.2) is 22.9 Å². The zero-order valence-electron chi connectivity index (χ0n) is 15.6. The van der Waals surface area contributed by atoms with E-state index in [4.69, 9.17) is 18.9 Å². The van der Waals surface area contributed by atoms with Gasteiger partial charge < -0.3 is 24.1 Å². The minimum absolute atomic E-state index is 0.138. The van der Waals surface area contributed by atoms with Crippen LogP contribution in [0.15, 0.2) is 41.0 Å². The van der Waals surface area contributed by atoms with Crippen LogP contribution in [0.5, 0.6) is 28.7 Å². The van der Waals surface area contributed by atoms with Gasteiger partial charge in [-0.3, -0.25) is 0 Å². The lowest BCUT2D eigenvalue weighted by molar-refractivity contribution is 0.0489. The van der Waals surface area contributed by atoms with Crippen LogP contribution in [0.25, 0.3) is 10.8 Å². The summed E-state index contributed by atoms with van der Waals surface area (Å²) in [6.45, 7) is 2.46. The number of fused-ring (bicyclic) bond motifs is 2. The molecule has 0 atom stereocenters. The van der Waals surface area contributed by atoms with Gasteiger partial charge in [-0.05, 0) is 52.7 Å². The Morgan fingerprint density at radius 3 is 2.72 bits per heavy atom. The van der Waals surface area contributed by atoms with Gasteiger partial charge in [0.1, 0.15) is 16.1 Å². The van der Waals surface area contributed by atoms with Crippen LogP contribution in [-0.2, 0) is 4.74 Å². The molecule has 1 aliphatic heterocycles. The maximum absolute atomic E-state index is 12.3. The fourth-order valence-electron chi connectivity index (χ4n) is 2.90.